The van der Waals surface area contributed by atoms with E-state index in [0.717, 1.165) is 0 Å². The molecule has 0 aliphatic heterocycles. The van der Waals surface area contributed by atoms with Crippen LogP contribution in [0, 0.1) is 5.92 Å². The van der Waals surface area contributed by atoms with Gasteiger partial charge >= 0.3 is 5.97 Å². The normalized spacial score (nSPS) is 13.1. The van der Waals surface area contributed by atoms with E-state index in [2.05, 4.69) is 5.32 Å². The average Bonchev–Trinajstić information content (AvgIpc) is 2.44. The number of hydrogen-bond acceptors (Lipinski definition) is 4. The minimum absolute atomic E-state index is 0.0218. The fraction of sp³-hybridized carbons (Fsp3) is 0.467. The number of carboxylic acid groups (broad SMARTS) is 1. The van der Waals surface area contributed by atoms with Crippen molar-refractivity contribution in [1.29, 1.82) is 0 Å². The van der Waals surface area contributed by atoms with E-state index in [1.165, 1.54) is 0 Å². The summed E-state index contributed by atoms with van der Waals surface area (Å²) in [6, 6.07) is 6.93. The second kappa shape index (κ2) is 8.14. The Hall–Kier alpha value is -2.24. The van der Waals surface area contributed by atoms with E-state index >= 15 is 0 Å². The van der Waals surface area contributed by atoms with Crippen LogP contribution in [-0.2, 0) is 9.59 Å². The number of ether oxygens (including phenoxy) is 2. The van der Waals surface area contributed by atoms with E-state index in [1.807, 2.05) is 0 Å². The molecule has 0 saturated heterocycles. The van der Waals surface area contributed by atoms with Crippen LogP contribution in [0.3, 0.4) is 0 Å². The smallest absolute Gasteiger partial charge is 0.303 e. The molecular weight excluding hydrogens is 274 g/mol. The average molecular weight is 295 g/mol. The first-order chi connectivity index (χ1) is 9.92. The third-order valence-corrected chi connectivity index (χ3v) is 2.89. The third kappa shape index (κ3) is 6.16. The lowest BCUT2D eigenvalue weighted by atomic mass is 10.1. The van der Waals surface area contributed by atoms with Crippen molar-refractivity contribution in [2.45, 2.75) is 26.4 Å². The molecule has 0 aliphatic carbocycles. The van der Waals surface area contributed by atoms with Gasteiger partial charge in [-0.25, -0.2) is 0 Å². The maximum absolute atomic E-state index is 11.9. The molecule has 0 aromatic heterocycles. The van der Waals surface area contributed by atoms with Crippen LogP contribution in [-0.4, -0.2) is 36.7 Å². The molecule has 0 saturated carbocycles. The van der Waals surface area contributed by atoms with Gasteiger partial charge in [-0.2, -0.15) is 0 Å². The van der Waals surface area contributed by atoms with E-state index in [0.29, 0.717) is 18.0 Å². The van der Waals surface area contributed by atoms with Crippen molar-refractivity contribution in [2.24, 2.45) is 5.92 Å². The molecule has 0 fully saturated rings. The number of nitrogens with one attached hydrogen (secondary N) is 1. The molecule has 1 aromatic carbocycles. The Bertz CT molecular complexity index is 471. The molecule has 2 atom stereocenters. The first-order valence-corrected chi connectivity index (χ1v) is 6.72. The van der Waals surface area contributed by atoms with Gasteiger partial charge in [0.25, 0.3) is 5.91 Å². The number of amides is 1. The summed E-state index contributed by atoms with van der Waals surface area (Å²) in [5.74, 6) is 0.000887. The lowest BCUT2D eigenvalue weighted by Crippen LogP contribution is -2.38. The van der Waals surface area contributed by atoms with Crippen molar-refractivity contribution < 1.29 is 24.2 Å². The molecule has 0 spiro atoms. The van der Waals surface area contributed by atoms with Crippen LogP contribution < -0.4 is 14.8 Å². The standard InChI is InChI=1S/C15H21NO5/c1-10(8-14(17)18)9-16-15(19)11(2)21-13-6-4-12(20-3)5-7-13/h4-7,10-11H,8-9H2,1-3H3,(H,16,19)(H,17,18). The Kier molecular flexibility index (Phi) is 6.52. The number of rotatable bonds is 8. The first kappa shape index (κ1) is 16.8. The van der Waals surface area contributed by atoms with Crippen molar-refractivity contribution in [3.63, 3.8) is 0 Å². The summed E-state index contributed by atoms with van der Waals surface area (Å²) in [6.45, 7) is 3.71. The molecule has 1 aromatic rings. The minimum atomic E-state index is -0.876. The van der Waals surface area contributed by atoms with Gasteiger partial charge in [0.05, 0.1) is 7.11 Å². The number of benzene rings is 1. The summed E-state index contributed by atoms with van der Waals surface area (Å²) in [5, 5.41) is 11.3. The van der Waals surface area contributed by atoms with Crippen LogP contribution in [0.15, 0.2) is 24.3 Å². The van der Waals surface area contributed by atoms with Crippen LogP contribution in [0.1, 0.15) is 20.3 Å². The first-order valence-electron chi connectivity index (χ1n) is 6.72. The Labute approximate surface area is 124 Å². The Balaban J connectivity index is 2.41. The zero-order valence-corrected chi connectivity index (χ0v) is 12.5. The summed E-state index contributed by atoms with van der Waals surface area (Å²) >= 11 is 0. The van der Waals surface area contributed by atoms with E-state index < -0.39 is 12.1 Å². The Morgan fingerprint density at radius 1 is 1.19 bits per heavy atom. The van der Waals surface area contributed by atoms with Crippen molar-refractivity contribution in [3.05, 3.63) is 24.3 Å². The lowest BCUT2D eigenvalue weighted by molar-refractivity contribution is -0.138. The molecule has 1 amide bonds. The molecule has 0 bridgehead atoms. The monoisotopic (exact) mass is 295 g/mol. The van der Waals surface area contributed by atoms with E-state index in [1.54, 1.807) is 45.2 Å². The summed E-state index contributed by atoms with van der Waals surface area (Å²) in [6.07, 6.45) is -0.635. The van der Waals surface area contributed by atoms with E-state index in [-0.39, 0.29) is 18.2 Å². The predicted molar refractivity (Wildman–Crippen MR) is 77.5 cm³/mol. The molecule has 6 heteroatoms. The maximum Gasteiger partial charge on any atom is 0.303 e. The van der Waals surface area contributed by atoms with Crippen LogP contribution in [0.4, 0.5) is 0 Å². The second-order valence-corrected chi connectivity index (χ2v) is 4.88. The van der Waals surface area contributed by atoms with Crippen LogP contribution in [0.5, 0.6) is 11.5 Å². The molecule has 0 aliphatic rings. The SMILES string of the molecule is COc1ccc(OC(C)C(=O)NCC(C)CC(=O)O)cc1. The number of carbonyl (C=O) groups is 2. The van der Waals surface area contributed by atoms with Crippen molar-refractivity contribution in [2.75, 3.05) is 13.7 Å². The summed E-state index contributed by atoms with van der Waals surface area (Å²) in [4.78, 5) is 22.4. The zero-order chi connectivity index (χ0) is 15.8. The van der Waals surface area contributed by atoms with Gasteiger partial charge < -0.3 is 19.9 Å². The van der Waals surface area contributed by atoms with Gasteiger partial charge in [-0.05, 0) is 37.1 Å². The largest absolute Gasteiger partial charge is 0.497 e. The van der Waals surface area contributed by atoms with Crippen LogP contribution >= 0.6 is 0 Å². The predicted octanol–water partition coefficient (Wildman–Crippen LogP) is 1.69. The van der Waals surface area contributed by atoms with Gasteiger partial charge in [0.1, 0.15) is 11.5 Å². The highest BCUT2D eigenvalue weighted by molar-refractivity contribution is 5.80. The summed E-state index contributed by atoms with van der Waals surface area (Å²) in [5.41, 5.74) is 0. The number of carboxylic acids is 1. The number of aliphatic carboxylic acids is 1. The molecule has 2 unspecified atom stereocenters. The quantitative estimate of drug-likeness (QED) is 0.762. The third-order valence-electron chi connectivity index (χ3n) is 2.89. The zero-order valence-electron chi connectivity index (χ0n) is 12.5. The summed E-state index contributed by atoms with van der Waals surface area (Å²) < 4.78 is 10.5. The molecule has 1 rings (SSSR count). The highest BCUT2D eigenvalue weighted by atomic mass is 16.5. The van der Waals surface area contributed by atoms with Crippen LogP contribution in [0.2, 0.25) is 0 Å². The highest BCUT2D eigenvalue weighted by Crippen LogP contribution is 2.18. The van der Waals surface area contributed by atoms with Gasteiger partial charge in [-0.15, -0.1) is 0 Å². The van der Waals surface area contributed by atoms with Gasteiger partial charge in [-0.3, -0.25) is 9.59 Å². The van der Waals surface area contributed by atoms with Crippen molar-refractivity contribution in [1.82, 2.24) is 5.32 Å². The molecule has 2 N–H and O–H groups in total. The van der Waals surface area contributed by atoms with E-state index in [9.17, 15) is 9.59 Å². The van der Waals surface area contributed by atoms with Gasteiger partial charge in [0, 0.05) is 13.0 Å². The topological polar surface area (TPSA) is 84.9 Å². The van der Waals surface area contributed by atoms with Gasteiger partial charge in [-0.1, -0.05) is 6.92 Å². The number of carbonyl (C=O) groups excluding carboxylic acids is 1. The Morgan fingerprint density at radius 3 is 2.29 bits per heavy atom. The molecular formula is C15H21NO5. The molecule has 0 heterocycles. The fourth-order valence-electron chi connectivity index (χ4n) is 1.70. The molecule has 21 heavy (non-hydrogen) atoms. The van der Waals surface area contributed by atoms with E-state index in [4.69, 9.17) is 14.6 Å². The second-order valence-electron chi connectivity index (χ2n) is 4.88. The number of hydrogen-bond donors (Lipinski definition) is 2. The van der Waals surface area contributed by atoms with Gasteiger partial charge in [0.2, 0.25) is 0 Å². The van der Waals surface area contributed by atoms with Crippen molar-refractivity contribution in [3.8, 4) is 11.5 Å². The van der Waals surface area contributed by atoms with Gasteiger partial charge in [0.15, 0.2) is 6.10 Å². The summed E-state index contributed by atoms with van der Waals surface area (Å²) in [7, 11) is 1.57. The Morgan fingerprint density at radius 2 is 1.76 bits per heavy atom. The number of methoxy groups -OCH3 is 1. The molecule has 116 valence electrons. The molecule has 0 radical (unpaired) electrons. The highest BCUT2D eigenvalue weighted by Gasteiger charge is 2.16. The molecule has 6 nitrogen and oxygen atoms in total. The lowest BCUT2D eigenvalue weighted by Gasteiger charge is -2.16. The maximum atomic E-state index is 11.9. The van der Waals surface area contributed by atoms with Crippen LogP contribution in [0.25, 0.3) is 0 Å². The van der Waals surface area contributed by atoms with Crippen molar-refractivity contribution >= 4 is 11.9 Å². The fourth-order valence-corrected chi connectivity index (χ4v) is 1.70. The minimum Gasteiger partial charge on any atom is -0.497 e.